The first-order chi connectivity index (χ1) is 10.6. The van der Waals surface area contributed by atoms with Crippen molar-refractivity contribution in [2.45, 2.75) is 26.3 Å². The monoisotopic (exact) mass is 300 g/mol. The maximum Gasteiger partial charge on any atom is 0.319 e. The third-order valence-corrected chi connectivity index (χ3v) is 4.02. The summed E-state index contributed by atoms with van der Waals surface area (Å²) in [6, 6.07) is 4.75. The quantitative estimate of drug-likeness (QED) is 0.746. The number of phenols is 1. The smallest absolute Gasteiger partial charge is 0.319 e. The van der Waals surface area contributed by atoms with Gasteiger partial charge < -0.3 is 20.3 Å². The van der Waals surface area contributed by atoms with Crippen molar-refractivity contribution in [2.75, 3.05) is 12.4 Å². The maximum atomic E-state index is 11.4. The number of carbonyl (C=O) groups excluding carboxylic acids is 1. The van der Waals surface area contributed by atoms with E-state index in [1.165, 1.54) is 13.5 Å². The molecular formula is C16H20N4O2. The molecule has 2 heterocycles. The normalized spacial score (nSPS) is 16.9. The average molecular weight is 300 g/mol. The average Bonchev–Trinajstić information content (AvgIpc) is 2.92. The molecule has 1 aromatic heterocycles. The lowest BCUT2D eigenvalue weighted by molar-refractivity contribution is 0.254. The van der Waals surface area contributed by atoms with Crippen LogP contribution in [0.5, 0.6) is 5.75 Å². The molecule has 0 fully saturated rings. The van der Waals surface area contributed by atoms with Gasteiger partial charge in [-0.2, -0.15) is 0 Å². The number of aromatic nitrogens is 2. The molecular weight excluding hydrogens is 280 g/mol. The van der Waals surface area contributed by atoms with Crippen LogP contribution in [0.15, 0.2) is 24.4 Å². The summed E-state index contributed by atoms with van der Waals surface area (Å²) in [5, 5.41) is 14.9. The minimum Gasteiger partial charge on any atom is -0.506 e. The summed E-state index contributed by atoms with van der Waals surface area (Å²) >= 11 is 0. The van der Waals surface area contributed by atoms with Gasteiger partial charge in [-0.3, -0.25) is 0 Å². The number of phenolic OH excluding ortho intramolecular Hbond substituents is 1. The van der Waals surface area contributed by atoms with Crippen molar-refractivity contribution in [1.29, 1.82) is 0 Å². The molecule has 2 aromatic rings. The molecule has 0 spiro atoms. The van der Waals surface area contributed by atoms with Crippen LogP contribution < -0.4 is 10.6 Å². The molecule has 3 N–H and O–H groups in total. The van der Waals surface area contributed by atoms with E-state index in [0.717, 1.165) is 30.0 Å². The lowest BCUT2D eigenvalue weighted by Gasteiger charge is -2.18. The Morgan fingerprint density at radius 1 is 1.45 bits per heavy atom. The molecule has 116 valence electrons. The van der Waals surface area contributed by atoms with E-state index in [1.54, 1.807) is 12.1 Å². The topological polar surface area (TPSA) is 79.2 Å². The Hall–Kier alpha value is -2.50. The molecule has 1 atom stereocenters. The summed E-state index contributed by atoms with van der Waals surface area (Å²) in [6.45, 7) is 3.23. The van der Waals surface area contributed by atoms with E-state index in [1.807, 2.05) is 12.3 Å². The van der Waals surface area contributed by atoms with Gasteiger partial charge in [0.15, 0.2) is 0 Å². The number of urea groups is 1. The standard InChI is InChI=1S/C16H20N4O2/c1-10-5-6-20-9-13(18-15(20)7-10)11-3-4-14(21)12(8-11)19-16(22)17-2/h3-4,8-10,21H,5-7H2,1-2H3,(H2,17,19,22). The van der Waals surface area contributed by atoms with Gasteiger partial charge >= 0.3 is 6.03 Å². The van der Waals surface area contributed by atoms with E-state index in [9.17, 15) is 9.90 Å². The predicted molar refractivity (Wildman–Crippen MR) is 84.9 cm³/mol. The van der Waals surface area contributed by atoms with Gasteiger partial charge in [-0.15, -0.1) is 0 Å². The molecule has 3 rings (SSSR count). The van der Waals surface area contributed by atoms with Crippen molar-refractivity contribution < 1.29 is 9.90 Å². The van der Waals surface area contributed by atoms with E-state index in [4.69, 9.17) is 4.98 Å². The molecule has 6 heteroatoms. The van der Waals surface area contributed by atoms with Gasteiger partial charge in [0.25, 0.3) is 0 Å². The van der Waals surface area contributed by atoms with Crippen LogP contribution in [0.3, 0.4) is 0 Å². The van der Waals surface area contributed by atoms with Gasteiger partial charge in [-0.1, -0.05) is 6.92 Å². The maximum absolute atomic E-state index is 11.4. The van der Waals surface area contributed by atoms with E-state index in [0.29, 0.717) is 11.6 Å². The summed E-state index contributed by atoms with van der Waals surface area (Å²) in [5.74, 6) is 1.79. The van der Waals surface area contributed by atoms with E-state index < -0.39 is 0 Å². The molecule has 1 aliphatic rings. The highest BCUT2D eigenvalue weighted by Gasteiger charge is 2.18. The number of benzene rings is 1. The zero-order valence-corrected chi connectivity index (χ0v) is 12.8. The fraction of sp³-hybridized carbons (Fsp3) is 0.375. The number of rotatable bonds is 2. The number of amides is 2. The summed E-state index contributed by atoms with van der Waals surface area (Å²) in [7, 11) is 1.53. The first-order valence-corrected chi connectivity index (χ1v) is 7.45. The minimum atomic E-state index is -0.370. The van der Waals surface area contributed by atoms with Gasteiger partial charge in [0.05, 0.1) is 11.4 Å². The van der Waals surface area contributed by atoms with Crippen molar-refractivity contribution in [3.05, 3.63) is 30.2 Å². The highest BCUT2D eigenvalue weighted by atomic mass is 16.3. The molecule has 6 nitrogen and oxygen atoms in total. The number of aryl methyl sites for hydroxylation is 1. The number of anilines is 1. The Morgan fingerprint density at radius 2 is 2.27 bits per heavy atom. The first-order valence-electron chi connectivity index (χ1n) is 7.45. The van der Waals surface area contributed by atoms with Crippen LogP contribution in [0.4, 0.5) is 10.5 Å². The molecule has 0 aliphatic carbocycles. The Kier molecular flexibility index (Phi) is 3.75. The number of hydrogen-bond donors (Lipinski definition) is 3. The van der Waals surface area contributed by atoms with Gasteiger partial charge in [0.1, 0.15) is 11.6 Å². The van der Waals surface area contributed by atoms with Crippen LogP contribution >= 0.6 is 0 Å². The number of nitrogens with one attached hydrogen (secondary N) is 2. The molecule has 0 saturated heterocycles. The first kappa shape index (κ1) is 14.4. The van der Waals surface area contributed by atoms with Crippen LogP contribution in [-0.2, 0) is 13.0 Å². The highest BCUT2D eigenvalue weighted by molar-refractivity contribution is 5.91. The van der Waals surface area contributed by atoms with E-state index in [-0.39, 0.29) is 11.8 Å². The molecule has 1 aromatic carbocycles. The third-order valence-electron chi connectivity index (χ3n) is 4.02. The van der Waals surface area contributed by atoms with Gasteiger partial charge in [0.2, 0.25) is 0 Å². The van der Waals surface area contributed by atoms with Gasteiger partial charge in [-0.05, 0) is 30.5 Å². The molecule has 22 heavy (non-hydrogen) atoms. The molecule has 1 aliphatic heterocycles. The molecule has 1 unspecified atom stereocenters. The van der Waals surface area contributed by atoms with Crippen LogP contribution in [0.2, 0.25) is 0 Å². The molecule has 0 radical (unpaired) electrons. The van der Waals surface area contributed by atoms with Crippen molar-refractivity contribution in [2.24, 2.45) is 5.92 Å². The van der Waals surface area contributed by atoms with Crippen molar-refractivity contribution >= 4 is 11.7 Å². The van der Waals surface area contributed by atoms with E-state index in [2.05, 4.69) is 22.1 Å². The summed E-state index contributed by atoms with van der Waals surface area (Å²) in [5.41, 5.74) is 2.11. The lowest BCUT2D eigenvalue weighted by Crippen LogP contribution is -2.24. The Balaban J connectivity index is 1.92. The predicted octanol–water partition coefficient (Wildman–Crippen LogP) is 2.59. The Morgan fingerprint density at radius 3 is 3.05 bits per heavy atom. The zero-order valence-electron chi connectivity index (χ0n) is 12.8. The number of hydrogen-bond acceptors (Lipinski definition) is 3. The van der Waals surface area contributed by atoms with Gasteiger partial charge in [0, 0.05) is 31.8 Å². The number of carbonyl (C=O) groups is 1. The minimum absolute atomic E-state index is 0.0324. The third kappa shape index (κ3) is 2.77. The molecule has 0 bridgehead atoms. The SMILES string of the molecule is CNC(=O)Nc1cc(-c2cn3c(n2)CC(C)CC3)ccc1O. The second kappa shape index (κ2) is 5.71. The van der Waals surface area contributed by atoms with Crippen molar-refractivity contribution in [1.82, 2.24) is 14.9 Å². The lowest BCUT2D eigenvalue weighted by atomic mass is 10.0. The largest absolute Gasteiger partial charge is 0.506 e. The fourth-order valence-corrected chi connectivity index (χ4v) is 2.70. The molecule has 0 saturated carbocycles. The van der Waals surface area contributed by atoms with Crippen LogP contribution in [0.25, 0.3) is 11.3 Å². The summed E-state index contributed by atoms with van der Waals surface area (Å²) in [6.07, 6.45) is 4.19. The summed E-state index contributed by atoms with van der Waals surface area (Å²) < 4.78 is 2.19. The van der Waals surface area contributed by atoms with Crippen LogP contribution in [-0.4, -0.2) is 27.7 Å². The summed E-state index contributed by atoms with van der Waals surface area (Å²) in [4.78, 5) is 16.1. The van der Waals surface area contributed by atoms with Crippen molar-refractivity contribution in [3.8, 4) is 17.0 Å². The van der Waals surface area contributed by atoms with Crippen LogP contribution in [0.1, 0.15) is 19.2 Å². The molecule has 2 amide bonds. The second-order valence-corrected chi connectivity index (χ2v) is 5.77. The van der Waals surface area contributed by atoms with E-state index >= 15 is 0 Å². The second-order valence-electron chi connectivity index (χ2n) is 5.77. The number of nitrogens with zero attached hydrogens (tertiary/aromatic N) is 2. The Labute approximate surface area is 129 Å². The highest BCUT2D eigenvalue weighted by Crippen LogP contribution is 2.30. The fourth-order valence-electron chi connectivity index (χ4n) is 2.70. The van der Waals surface area contributed by atoms with Crippen LogP contribution in [0, 0.1) is 5.92 Å². The number of fused-ring (bicyclic) bond motifs is 1. The Bertz CT molecular complexity index is 708. The van der Waals surface area contributed by atoms with Crippen molar-refractivity contribution in [3.63, 3.8) is 0 Å². The number of imidazole rings is 1. The number of aromatic hydroxyl groups is 1. The zero-order chi connectivity index (χ0) is 15.7. The van der Waals surface area contributed by atoms with Gasteiger partial charge in [-0.25, -0.2) is 9.78 Å².